The lowest BCUT2D eigenvalue weighted by atomic mass is 9.82. The number of para-hydroxylation sites is 1. The number of benzene rings is 4. The number of nitrogens with zero attached hydrogens (tertiary/aromatic N) is 4. The summed E-state index contributed by atoms with van der Waals surface area (Å²) in [6.45, 7) is 9.48. The fourth-order valence-electron chi connectivity index (χ4n) is 9.79. The summed E-state index contributed by atoms with van der Waals surface area (Å²) in [4.78, 5) is 30.0. The molecular weight excluding hydrogens is 745 g/mol. The Labute approximate surface area is 341 Å². The molecule has 3 aliphatic heterocycles. The van der Waals surface area contributed by atoms with Gasteiger partial charge in [0, 0.05) is 36.5 Å². The van der Waals surface area contributed by atoms with E-state index in [9.17, 15) is 9.90 Å². The van der Waals surface area contributed by atoms with E-state index in [-0.39, 0.29) is 47.8 Å². The predicted molar refractivity (Wildman–Crippen MR) is 228 cm³/mol. The van der Waals surface area contributed by atoms with Crippen LogP contribution in [0.4, 0.5) is 11.4 Å². The molecule has 1 aromatic heterocycles. The zero-order valence-corrected chi connectivity index (χ0v) is 34.8. The van der Waals surface area contributed by atoms with Crippen LogP contribution >= 0.6 is 0 Å². The fourth-order valence-corrected chi connectivity index (χ4v) is 13.8. The Bertz CT molecular complexity index is 2210. The molecule has 58 heavy (non-hydrogen) atoms. The van der Waals surface area contributed by atoms with Crippen LogP contribution < -0.4 is 25.5 Å². The van der Waals surface area contributed by atoms with Crippen LogP contribution in [0.2, 0.25) is 18.6 Å². The van der Waals surface area contributed by atoms with Gasteiger partial charge in [-0.1, -0.05) is 103 Å². The van der Waals surface area contributed by atoms with Crippen molar-refractivity contribution in [3.05, 3.63) is 132 Å². The number of aliphatic hydroxyl groups excluding tert-OH is 1. The number of aliphatic hydroxyl groups is 1. The van der Waals surface area contributed by atoms with Crippen LogP contribution in [0, 0.1) is 11.8 Å². The molecule has 4 aromatic carbocycles. The van der Waals surface area contributed by atoms with Crippen molar-refractivity contribution in [2.45, 2.75) is 75.5 Å². The Hall–Kier alpha value is -5.14. The minimum absolute atomic E-state index is 0.0332. The molecule has 5 aromatic rings. The number of aromatic nitrogens is 3. The first-order valence-corrected chi connectivity index (χ1v) is 23.6. The minimum Gasteiger partial charge on any atom is -0.497 e. The van der Waals surface area contributed by atoms with E-state index in [1.54, 1.807) is 7.11 Å². The molecule has 6 atom stereocenters. The Morgan fingerprint density at radius 2 is 1.78 bits per heavy atom. The molecule has 2 saturated heterocycles. The maximum absolute atomic E-state index is 15.2. The van der Waals surface area contributed by atoms with Crippen LogP contribution in [-0.2, 0) is 33.0 Å². The number of carbonyl (C=O) groups is 2. The van der Waals surface area contributed by atoms with E-state index < -0.39 is 13.7 Å². The number of aryl methyl sites for hydroxylation is 1. The van der Waals surface area contributed by atoms with Gasteiger partial charge in [0.25, 0.3) is 5.91 Å². The summed E-state index contributed by atoms with van der Waals surface area (Å²) in [7, 11) is -0.670. The number of amides is 2. The normalized spacial score (nSPS) is 23.5. The summed E-state index contributed by atoms with van der Waals surface area (Å²) in [5, 5.41) is 27.0. The number of anilines is 2. The van der Waals surface area contributed by atoms with Crippen LogP contribution in [-0.4, -0.2) is 72.9 Å². The second-order valence-electron chi connectivity index (χ2n) is 16.6. The van der Waals surface area contributed by atoms with Crippen molar-refractivity contribution in [1.29, 1.82) is 0 Å². The molecule has 1 spiro atoms. The molecule has 2 fully saturated rings. The van der Waals surface area contributed by atoms with Crippen molar-refractivity contribution in [1.82, 2.24) is 20.3 Å². The molecular formula is C46H54N6O5Si. The van der Waals surface area contributed by atoms with Gasteiger partial charge in [-0.2, -0.15) is 0 Å². The predicted octanol–water partition coefficient (Wildman–Crippen LogP) is 6.20. The SMILES string of the molecule is COc1ccc([Si](C)(C)[C@H]2[C@H](CCn3cc(C(CO)c4ccccc4)nn3)O[C@@]3(C(=O)N(Cc4ccc(NC(=O)C5CCCNC5)cc4)c4ccccc43)[C@@H]2C)cc1. The average molecular weight is 799 g/mol. The number of fused-ring (bicyclic) bond motifs is 2. The Balaban J connectivity index is 1.08. The van der Waals surface area contributed by atoms with Gasteiger partial charge in [-0.05, 0) is 72.8 Å². The maximum Gasteiger partial charge on any atom is 0.264 e. The third-order valence-corrected chi connectivity index (χ3v) is 17.3. The molecule has 0 bridgehead atoms. The second kappa shape index (κ2) is 16.6. The third-order valence-electron chi connectivity index (χ3n) is 12.9. The highest BCUT2D eigenvalue weighted by Gasteiger charge is 2.66. The topological polar surface area (TPSA) is 131 Å². The smallest absolute Gasteiger partial charge is 0.264 e. The van der Waals surface area contributed by atoms with Gasteiger partial charge in [0.2, 0.25) is 5.91 Å². The van der Waals surface area contributed by atoms with Crippen LogP contribution in [0.3, 0.4) is 0 Å². The number of piperidine rings is 1. The van der Waals surface area contributed by atoms with Crippen LogP contribution in [0.25, 0.3) is 0 Å². The van der Waals surface area contributed by atoms with E-state index in [4.69, 9.17) is 9.47 Å². The van der Waals surface area contributed by atoms with E-state index in [0.29, 0.717) is 31.7 Å². The molecule has 0 radical (unpaired) electrons. The molecule has 11 nitrogen and oxygen atoms in total. The lowest BCUT2D eigenvalue weighted by molar-refractivity contribution is -0.146. The molecule has 8 rings (SSSR count). The van der Waals surface area contributed by atoms with Crippen molar-refractivity contribution >= 4 is 36.4 Å². The number of rotatable bonds is 13. The highest BCUT2D eigenvalue weighted by atomic mass is 28.3. The Morgan fingerprint density at radius 1 is 1.03 bits per heavy atom. The summed E-state index contributed by atoms with van der Waals surface area (Å²) in [5.41, 5.74) is 4.07. The molecule has 3 N–H and O–H groups in total. The van der Waals surface area contributed by atoms with Gasteiger partial charge in [0.15, 0.2) is 5.60 Å². The van der Waals surface area contributed by atoms with Gasteiger partial charge >= 0.3 is 0 Å². The lowest BCUT2D eigenvalue weighted by Crippen LogP contribution is -2.51. The zero-order valence-electron chi connectivity index (χ0n) is 33.8. The van der Waals surface area contributed by atoms with Gasteiger partial charge < -0.3 is 30.1 Å². The van der Waals surface area contributed by atoms with Crippen molar-refractivity contribution in [3.63, 3.8) is 0 Å². The number of hydrogen-bond acceptors (Lipinski definition) is 8. The van der Waals surface area contributed by atoms with Gasteiger partial charge in [0.05, 0.1) is 57.7 Å². The first-order chi connectivity index (χ1) is 28.1. The molecule has 2 unspecified atom stereocenters. The summed E-state index contributed by atoms with van der Waals surface area (Å²) < 4.78 is 14.7. The molecule has 4 heterocycles. The van der Waals surface area contributed by atoms with Gasteiger partial charge in [-0.15, -0.1) is 5.10 Å². The van der Waals surface area contributed by atoms with E-state index in [1.807, 2.05) is 101 Å². The Morgan fingerprint density at radius 3 is 2.48 bits per heavy atom. The van der Waals surface area contributed by atoms with Crippen molar-refractivity contribution in [2.75, 3.05) is 37.0 Å². The monoisotopic (exact) mass is 798 g/mol. The summed E-state index contributed by atoms with van der Waals surface area (Å²) in [6, 6.07) is 34.2. The van der Waals surface area contributed by atoms with Crippen molar-refractivity contribution in [2.24, 2.45) is 11.8 Å². The van der Waals surface area contributed by atoms with Crippen LogP contribution in [0.5, 0.6) is 5.75 Å². The zero-order chi connectivity index (χ0) is 40.4. The number of ether oxygens (including phenoxy) is 2. The number of nitrogens with one attached hydrogen (secondary N) is 2. The number of methoxy groups -OCH3 is 1. The molecule has 3 aliphatic rings. The average Bonchev–Trinajstić information content (AvgIpc) is 3.92. The van der Waals surface area contributed by atoms with Crippen LogP contribution in [0.1, 0.15) is 54.5 Å². The van der Waals surface area contributed by atoms with Crippen molar-refractivity contribution < 1.29 is 24.2 Å². The number of carbonyl (C=O) groups excluding carboxylic acids is 2. The van der Waals surface area contributed by atoms with E-state index >= 15 is 4.79 Å². The molecule has 302 valence electrons. The summed E-state index contributed by atoms with van der Waals surface area (Å²) >= 11 is 0. The first-order valence-electron chi connectivity index (χ1n) is 20.5. The standard InChI is InChI=1S/C46H54N6O5Si/c1-31-43(58(3,4)37-22-20-36(56-2)21-23-37)42(24-26-51-29-40(49-50-51)38(30-53)33-11-6-5-7-12-33)57-46(31)39-14-8-9-15-41(39)52(45(46)55)28-32-16-18-35(19-17-32)48-44(54)34-13-10-25-47-27-34/h5-9,11-12,14-23,29,31,34,38,42-43,47,53H,10,13,24-28,30H2,1-4H3,(H,48,54)/t31-,34?,38?,42+,43-,46+/m1/s1. The van der Waals surface area contributed by atoms with E-state index in [0.717, 1.165) is 53.2 Å². The molecule has 0 aliphatic carbocycles. The summed E-state index contributed by atoms with van der Waals surface area (Å²) in [6.07, 6.45) is 4.18. The molecule has 0 saturated carbocycles. The third kappa shape index (κ3) is 7.38. The van der Waals surface area contributed by atoms with Crippen LogP contribution in [0.15, 0.2) is 109 Å². The van der Waals surface area contributed by atoms with Gasteiger partial charge in [0.1, 0.15) is 5.75 Å². The van der Waals surface area contributed by atoms with E-state index in [2.05, 4.69) is 59.2 Å². The van der Waals surface area contributed by atoms with Gasteiger partial charge in [-0.3, -0.25) is 14.3 Å². The fraction of sp³-hybridized carbons (Fsp3) is 0.391. The van der Waals surface area contributed by atoms with Gasteiger partial charge in [-0.25, -0.2) is 0 Å². The highest BCUT2D eigenvalue weighted by Crippen LogP contribution is 2.60. The molecule has 12 heteroatoms. The second-order valence-corrected chi connectivity index (χ2v) is 21.3. The first kappa shape index (κ1) is 39.7. The largest absolute Gasteiger partial charge is 0.497 e. The van der Waals surface area contributed by atoms with Crippen molar-refractivity contribution in [3.8, 4) is 5.75 Å². The molecule has 2 amide bonds. The Kier molecular flexibility index (Phi) is 11.4. The maximum atomic E-state index is 15.2. The quantitative estimate of drug-likeness (QED) is 0.120. The van der Waals surface area contributed by atoms with E-state index in [1.165, 1.54) is 5.19 Å². The lowest BCUT2D eigenvalue weighted by Gasteiger charge is -2.37. The number of hydrogen-bond donors (Lipinski definition) is 3. The highest BCUT2D eigenvalue weighted by molar-refractivity contribution is 6.91. The minimum atomic E-state index is -2.35. The summed E-state index contributed by atoms with van der Waals surface area (Å²) in [5.74, 6) is 0.344.